The van der Waals surface area contributed by atoms with E-state index < -0.39 is 11.6 Å². The van der Waals surface area contributed by atoms with Crippen LogP contribution in [0.5, 0.6) is 0 Å². The Labute approximate surface area is 133 Å². The molecule has 0 heterocycles. The van der Waals surface area contributed by atoms with Gasteiger partial charge in [0, 0.05) is 11.1 Å². The number of hydrogen-bond donors (Lipinski definition) is 0. The van der Waals surface area contributed by atoms with Gasteiger partial charge in [0.2, 0.25) is 0 Å². The normalized spacial score (nSPS) is 16.9. The van der Waals surface area contributed by atoms with Crippen molar-refractivity contribution in [3.05, 3.63) is 24.3 Å². The van der Waals surface area contributed by atoms with Gasteiger partial charge in [0.05, 0.1) is 0 Å². The lowest BCUT2D eigenvalue weighted by Crippen LogP contribution is -2.30. The molecule has 0 spiro atoms. The summed E-state index contributed by atoms with van der Waals surface area (Å²) in [6, 6.07) is 0. The number of ether oxygens (including phenoxy) is 2. The predicted molar refractivity (Wildman–Crippen MR) is 86.3 cm³/mol. The van der Waals surface area contributed by atoms with E-state index >= 15 is 0 Å². The van der Waals surface area contributed by atoms with E-state index in [4.69, 9.17) is 9.47 Å². The number of carbonyl (C=O) groups is 2. The summed E-state index contributed by atoms with van der Waals surface area (Å²) in [7, 11) is 0. The average Bonchev–Trinajstić information content (AvgIpc) is 2.81. The minimum atomic E-state index is -0.670. The highest BCUT2D eigenvalue weighted by molar-refractivity contribution is 5.88. The Hall–Kier alpha value is -1.58. The van der Waals surface area contributed by atoms with E-state index in [2.05, 4.69) is 13.2 Å². The number of rotatable bonds is 7. The zero-order valence-electron chi connectivity index (χ0n) is 14.3. The lowest BCUT2D eigenvalue weighted by molar-refractivity contribution is -0.153. The van der Waals surface area contributed by atoms with E-state index in [-0.39, 0.29) is 11.6 Å². The fourth-order valence-electron chi connectivity index (χ4n) is 2.46. The monoisotopic (exact) mass is 308 g/mol. The third-order valence-electron chi connectivity index (χ3n) is 4.04. The Bertz CT molecular complexity index is 467. The summed E-state index contributed by atoms with van der Waals surface area (Å²) in [5.74, 6) is -0.761. The SMILES string of the molecule is C=C(C)C(=O)OC(C)(C)CCC(=C)C(=O)OC1(C)CCCC1. The summed E-state index contributed by atoms with van der Waals surface area (Å²) in [5, 5.41) is 0. The molecule has 0 amide bonds. The van der Waals surface area contributed by atoms with Gasteiger partial charge in [0.1, 0.15) is 11.2 Å². The fraction of sp³-hybridized carbons (Fsp3) is 0.667. The van der Waals surface area contributed by atoms with Crippen molar-refractivity contribution in [3.8, 4) is 0 Å². The molecule has 0 unspecified atom stereocenters. The van der Waals surface area contributed by atoms with Gasteiger partial charge in [-0.3, -0.25) is 0 Å². The van der Waals surface area contributed by atoms with Crippen molar-refractivity contribution in [2.24, 2.45) is 0 Å². The third-order valence-corrected chi connectivity index (χ3v) is 4.04. The van der Waals surface area contributed by atoms with E-state index in [1.165, 1.54) is 0 Å². The van der Waals surface area contributed by atoms with E-state index in [1.807, 2.05) is 20.8 Å². The maximum Gasteiger partial charge on any atom is 0.333 e. The van der Waals surface area contributed by atoms with Crippen molar-refractivity contribution in [3.63, 3.8) is 0 Å². The molecule has 0 bridgehead atoms. The first-order valence-corrected chi connectivity index (χ1v) is 7.85. The van der Waals surface area contributed by atoms with Crippen LogP contribution in [0.15, 0.2) is 24.3 Å². The molecule has 0 radical (unpaired) electrons. The molecule has 0 aromatic carbocycles. The van der Waals surface area contributed by atoms with Gasteiger partial charge in [-0.25, -0.2) is 9.59 Å². The van der Waals surface area contributed by atoms with Crippen LogP contribution >= 0.6 is 0 Å². The van der Waals surface area contributed by atoms with Crippen molar-refractivity contribution < 1.29 is 19.1 Å². The quantitative estimate of drug-likeness (QED) is 0.525. The first-order valence-electron chi connectivity index (χ1n) is 7.85. The summed E-state index contributed by atoms with van der Waals surface area (Å²) in [5.41, 5.74) is -0.230. The van der Waals surface area contributed by atoms with Crippen molar-refractivity contribution in [2.45, 2.75) is 77.4 Å². The summed E-state index contributed by atoms with van der Waals surface area (Å²) >= 11 is 0. The Morgan fingerprint density at radius 3 is 2.18 bits per heavy atom. The number of carbonyl (C=O) groups excluding carboxylic acids is 2. The maximum absolute atomic E-state index is 12.1. The van der Waals surface area contributed by atoms with Crippen molar-refractivity contribution in [1.82, 2.24) is 0 Å². The number of esters is 2. The van der Waals surface area contributed by atoms with Crippen LogP contribution in [0, 0.1) is 0 Å². The van der Waals surface area contributed by atoms with Crippen molar-refractivity contribution in [2.75, 3.05) is 0 Å². The van der Waals surface area contributed by atoms with Gasteiger partial charge < -0.3 is 9.47 Å². The summed E-state index contributed by atoms with van der Waals surface area (Å²) in [6.45, 7) is 14.6. The van der Waals surface area contributed by atoms with Gasteiger partial charge in [0.25, 0.3) is 0 Å². The highest BCUT2D eigenvalue weighted by atomic mass is 16.6. The van der Waals surface area contributed by atoms with Crippen molar-refractivity contribution in [1.29, 1.82) is 0 Å². The largest absolute Gasteiger partial charge is 0.456 e. The molecular formula is C18H28O4. The molecule has 1 rings (SSSR count). The van der Waals surface area contributed by atoms with Crippen LogP contribution in [0.1, 0.15) is 66.2 Å². The third kappa shape index (κ3) is 5.66. The van der Waals surface area contributed by atoms with Gasteiger partial charge in [-0.2, -0.15) is 0 Å². The highest BCUT2D eigenvalue weighted by Gasteiger charge is 2.33. The van der Waals surface area contributed by atoms with Crippen LogP contribution in [0.25, 0.3) is 0 Å². The molecule has 4 nitrogen and oxygen atoms in total. The van der Waals surface area contributed by atoms with Crippen LogP contribution in [0.3, 0.4) is 0 Å². The topological polar surface area (TPSA) is 52.6 Å². The van der Waals surface area contributed by atoms with Gasteiger partial charge in [-0.15, -0.1) is 0 Å². The highest BCUT2D eigenvalue weighted by Crippen LogP contribution is 2.33. The number of hydrogen-bond acceptors (Lipinski definition) is 4. The lowest BCUT2D eigenvalue weighted by atomic mass is 9.98. The van der Waals surface area contributed by atoms with E-state index in [0.29, 0.717) is 24.0 Å². The Morgan fingerprint density at radius 1 is 1.14 bits per heavy atom. The average molecular weight is 308 g/mol. The van der Waals surface area contributed by atoms with E-state index in [9.17, 15) is 9.59 Å². The molecule has 1 saturated carbocycles. The molecule has 1 aliphatic carbocycles. The molecule has 0 atom stereocenters. The van der Waals surface area contributed by atoms with E-state index in [0.717, 1.165) is 25.7 Å². The Morgan fingerprint density at radius 2 is 1.68 bits per heavy atom. The maximum atomic E-state index is 12.1. The summed E-state index contributed by atoms with van der Waals surface area (Å²) < 4.78 is 10.9. The molecular weight excluding hydrogens is 280 g/mol. The lowest BCUT2D eigenvalue weighted by Gasteiger charge is -2.27. The van der Waals surface area contributed by atoms with Crippen LogP contribution in [-0.2, 0) is 19.1 Å². The van der Waals surface area contributed by atoms with Gasteiger partial charge >= 0.3 is 11.9 Å². The molecule has 4 heteroatoms. The Balaban J connectivity index is 2.45. The molecule has 0 N–H and O–H groups in total. The molecule has 0 saturated heterocycles. The van der Waals surface area contributed by atoms with Gasteiger partial charge in [-0.1, -0.05) is 13.2 Å². The minimum absolute atomic E-state index is 0.341. The molecule has 0 aromatic heterocycles. The van der Waals surface area contributed by atoms with Gasteiger partial charge in [-0.05, 0) is 66.2 Å². The Kier molecular flexibility index (Phi) is 5.98. The molecule has 0 aromatic rings. The van der Waals surface area contributed by atoms with Crippen LogP contribution in [0.2, 0.25) is 0 Å². The zero-order valence-corrected chi connectivity index (χ0v) is 14.3. The second-order valence-electron chi connectivity index (χ2n) is 7.08. The zero-order chi connectivity index (χ0) is 17.0. The van der Waals surface area contributed by atoms with Gasteiger partial charge in [0.15, 0.2) is 0 Å². The molecule has 22 heavy (non-hydrogen) atoms. The van der Waals surface area contributed by atoms with Crippen molar-refractivity contribution >= 4 is 11.9 Å². The first-order chi connectivity index (χ1) is 10.0. The smallest absolute Gasteiger partial charge is 0.333 e. The van der Waals surface area contributed by atoms with E-state index in [1.54, 1.807) is 6.92 Å². The first kappa shape index (κ1) is 18.5. The van der Waals surface area contributed by atoms with Crippen LogP contribution in [0.4, 0.5) is 0 Å². The second-order valence-corrected chi connectivity index (χ2v) is 7.08. The standard InChI is InChI=1S/C18H28O4/c1-13(2)15(19)21-17(4,5)12-9-14(3)16(20)22-18(6)10-7-8-11-18/h1,3,7-12H2,2,4-6H3. The fourth-order valence-corrected chi connectivity index (χ4v) is 2.46. The van der Waals surface area contributed by atoms with Crippen LogP contribution in [-0.4, -0.2) is 23.1 Å². The molecule has 124 valence electrons. The van der Waals surface area contributed by atoms with Crippen LogP contribution < -0.4 is 0 Å². The second kappa shape index (κ2) is 7.12. The summed E-state index contributed by atoms with van der Waals surface area (Å²) in [4.78, 5) is 23.7. The summed E-state index contributed by atoms with van der Waals surface area (Å²) in [6.07, 6.45) is 4.96. The molecule has 1 fully saturated rings. The predicted octanol–water partition coefficient (Wildman–Crippen LogP) is 4.10. The molecule has 1 aliphatic rings. The molecule has 0 aliphatic heterocycles. The minimum Gasteiger partial charge on any atom is -0.456 e.